The lowest BCUT2D eigenvalue weighted by Crippen LogP contribution is -2.38. The minimum absolute atomic E-state index is 0.200. The number of para-hydroxylation sites is 2. The predicted octanol–water partition coefficient (Wildman–Crippen LogP) is 5.57. The van der Waals surface area contributed by atoms with E-state index in [2.05, 4.69) is 23.7 Å². The van der Waals surface area contributed by atoms with Crippen LogP contribution in [0.5, 0.6) is 5.75 Å². The lowest BCUT2D eigenvalue weighted by Gasteiger charge is -2.24. The zero-order valence-electron chi connectivity index (χ0n) is 18.4. The van der Waals surface area contributed by atoms with Gasteiger partial charge in [0.15, 0.2) is 22.2 Å². The van der Waals surface area contributed by atoms with Gasteiger partial charge in [-0.25, -0.2) is 9.37 Å². The molecular formula is C24H26FN3O3S. The molecule has 2 heterocycles. The van der Waals surface area contributed by atoms with Gasteiger partial charge in [-0.3, -0.25) is 9.69 Å². The number of halogens is 1. The molecule has 0 aliphatic rings. The van der Waals surface area contributed by atoms with E-state index in [1.54, 1.807) is 17.0 Å². The van der Waals surface area contributed by atoms with Gasteiger partial charge in [-0.05, 0) is 44.3 Å². The van der Waals surface area contributed by atoms with Crippen LogP contribution in [0.15, 0.2) is 46.9 Å². The Bertz CT molecular complexity index is 1230. The van der Waals surface area contributed by atoms with Crippen molar-refractivity contribution in [1.29, 1.82) is 0 Å². The van der Waals surface area contributed by atoms with Crippen LogP contribution in [0, 0.1) is 5.82 Å². The molecule has 0 aliphatic heterocycles. The fourth-order valence-electron chi connectivity index (χ4n) is 3.63. The van der Waals surface area contributed by atoms with Crippen LogP contribution in [0.2, 0.25) is 0 Å². The first-order valence-corrected chi connectivity index (χ1v) is 11.6. The molecule has 2 aromatic heterocycles. The van der Waals surface area contributed by atoms with Crippen LogP contribution in [-0.2, 0) is 0 Å². The third kappa shape index (κ3) is 4.33. The summed E-state index contributed by atoms with van der Waals surface area (Å²) in [6.07, 6.45) is 0. The van der Waals surface area contributed by atoms with Gasteiger partial charge in [-0.1, -0.05) is 43.4 Å². The molecule has 168 valence electrons. The molecule has 0 bridgehead atoms. The van der Waals surface area contributed by atoms with Gasteiger partial charge in [0, 0.05) is 18.5 Å². The number of amides is 1. The van der Waals surface area contributed by atoms with Crippen molar-refractivity contribution in [3.63, 3.8) is 0 Å². The third-order valence-electron chi connectivity index (χ3n) is 5.39. The van der Waals surface area contributed by atoms with Crippen LogP contribution in [0.4, 0.5) is 9.52 Å². The summed E-state index contributed by atoms with van der Waals surface area (Å²) in [6.45, 7) is 9.38. The number of thiazole rings is 1. The van der Waals surface area contributed by atoms with Gasteiger partial charge in [-0.2, -0.15) is 0 Å². The Morgan fingerprint density at radius 2 is 1.91 bits per heavy atom. The highest BCUT2D eigenvalue weighted by Crippen LogP contribution is 2.33. The summed E-state index contributed by atoms with van der Waals surface area (Å²) < 4.78 is 26.6. The number of fused-ring (bicyclic) bond motifs is 2. The van der Waals surface area contributed by atoms with E-state index in [4.69, 9.17) is 9.15 Å². The summed E-state index contributed by atoms with van der Waals surface area (Å²) in [4.78, 5) is 21.8. The minimum Gasteiger partial charge on any atom is -0.490 e. The number of hydrogen-bond acceptors (Lipinski definition) is 6. The van der Waals surface area contributed by atoms with Crippen molar-refractivity contribution >= 4 is 43.6 Å². The van der Waals surface area contributed by atoms with E-state index in [0.29, 0.717) is 40.9 Å². The summed E-state index contributed by atoms with van der Waals surface area (Å²) in [5, 5.41) is 1.24. The molecule has 0 atom stereocenters. The van der Waals surface area contributed by atoms with E-state index in [-0.39, 0.29) is 17.2 Å². The van der Waals surface area contributed by atoms with E-state index < -0.39 is 5.82 Å². The van der Waals surface area contributed by atoms with E-state index in [0.717, 1.165) is 18.5 Å². The van der Waals surface area contributed by atoms with Crippen LogP contribution in [0.1, 0.15) is 31.3 Å². The Hall–Kier alpha value is -2.97. The number of anilines is 1. The number of furan rings is 1. The van der Waals surface area contributed by atoms with Gasteiger partial charge in [-0.15, -0.1) is 0 Å². The van der Waals surface area contributed by atoms with Crippen LogP contribution in [0.25, 0.3) is 21.2 Å². The first-order valence-electron chi connectivity index (χ1n) is 10.8. The molecular weight excluding hydrogens is 429 g/mol. The predicted molar refractivity (Wildman–Crippen MR) is 126 cm³/mol. The van der Waals surface area contributed by atoms with E-state index in [1.165, 1.54) is 17.4 Å². The monoisotopic (exact) mass is 455 g/mol. The smallest absolute Gasteiger partial charge is 0.295 e. The SMILES string of the molecule is CCOc1cccc2cc(C(=O)N(CCN(CC)CC)c3nc4c(F)cccc4s3)oc12. The van der Waals surface area contributed by atoms with E-state index in [1.807, 2.05) is 31.2 Å². The van der Waals surface area contributed by atoms with Crippen molar-refractivity contribution in [2.24, 2.45) is 0 Å². The quantitative estimate of drug-likeness (QED) is 0.330. The second-order valence-electron chi connectivity index (χ2n) is 7.28. The molecule has 8 heteroatoms. The molecule has 1 amide bonds. The average Bonchev–Trinajstić information content (AvgIpc) is 3.42. The maximum absolute atomic E-state index is 14.3. The Balaban J connectivity index is 1.73. The van der Waals surface area contributed by atoms with Crippen molar-refractivity contribution in [3.8, 4) is 5.75 Å². The highest BCUT2D eigenvalue weighted by molar-refractivity contribution is 7.22. The van der Waals surface area contributed by atoms with Gasteiger partial charge < -0.3 is 14.1 Å². The van der Waals surface area contributed by atoms with Crippen molar-refractivity contribution < 1.29 is 18.3 Å². The molecule has 0 saturated heterocycles. The van der Waals surface area contributed by atoms with Crippen molar-refractivity contribution in [1.82, 2.24) is 9.88 Å². The molecule has 0 saturated carbocycles. The second kappa shape index (κ2) is 9.67. The molecule has 0 N–H and O–H groups in total. The molecule has 0 radical (unpaired) electrons. The Morgan fingerprint density at radius 3 is 2.62 bits per heavy atom. The zero-order valence-corrected chi connectivity index (χ0v) is 19.2. The maximum atomic E-state index is 14.3. The zero-order chi connectivity index (χ0) is 22.7. The first-order chi connectivity index (χ1) is 15.5. The lowest BCUT2D eigenvalue weighted by atomic mass is 10.2. The van der Waals surface area contributed by atoms with Crippen molar-refractivity contribution in [2.75, 3.05) is 37.7 Å². The van der Waals surface area contributed by atoms with Gasteiger partial charge in [0.25, 0.3) is 5.91 Å². The van der Waals surface area contributed by atoms with Crippen LogP contribution < -0.4 is 9.64 Å². The molecule has 0 unspecified atom stereocenters. The third-order valence-corrected chi connectivity index (χ3v) is 6.43. The molecule has 4 rings (SSSR count). The Labute approximate surface area is 190 Å². The Morgan fingerprint density at radius 1 is 1.12 bits per heavy atom. The number of benzene rings is 2. The number of carbonyl (C=O) groups is 1. The Kier molecular flexibility index (Phi) is 6.72. The molecule has 4 aromatic rings. The second-order valence-corrected chi connectivity index (χ2v) is 8.29. The topological polar surface area (TPSA) is 58.8 Å². The number of aromatic nitrogens is 1. The summed E-state index contributed by atoms with van der Waals surface area (Å²) in [5.74, 6) is 0.0914. The van der Waals surface area contributed by atoms with E-state index >= 15 is 0 Å². The number of nitrogens with zero attached hydrogens (tertiary/aromatic N) is 3. The standard InChI is InChI=1S/C24H26FN3O3S/c1-4-27(5-2)13-14-28(24-26-21-17(25)10-8-12-20(21)32-24)23(29)19-15-16-9-7-11-18(30-6-3)22(16)31-19/h7-12,15H,4-6,13-14H2,1-3H3. The van der Waals surface area contributed by atoms with Gasteiger partial charge in [0.2, 0.25) is 0 Å². The minimum atomic E-state index is -0.397. The summed E-state index contributed by atoms with van der Waals surface area (Å²) >= 11 is 1.30. The molecule has 0 fully saturated rings. The van der Waals surface area contributed by atoms with Crippen LogP contribution in [0.3, 0.4) is 0 Å². The number of carbonyl (C=O) groups excluding carboxylic acids is 1. The number of ether oxygens (including phenoxy) is 1. The highest BCUT2D eigenvalue weighted by Gasteiger charge is 2.26. The largest absolute Gasteiger partial charge is 0.490 e. The highest BCUT2D eigenvalue weighted by atomic mass is 32.1. The lowest BCUT2D eigenvalue weighted by molar-refractivity contribution is 0.0959. The molecule has 0 spiro atoms. The van der Waals surface area contributed by atoms with E-state index in [9.17, 15) is 9.18 Å². The summed E-state index contributed by atoms with van der Waals surface area (Å²) in [7, 11) is 0. The molecule has 6 nitrogen and oxygen atoms in total. The molecule has 32 heavy (non-hydrogen) atoms. The van der Waals surface area contributed by atoms with Crippen LogP contribution >= 0.6 is 11.3 Å². The number of likely N-dealkylation sites (N-methyl/N-ethyl adjacent to an activating group) is 1. The van der Waals surface area contributed by atoms with Crippen molar-refractivity contribution in [2.45, 2.75) is 20.8 Å². The number of rotatable bonds is 9. The summed E-state index contributed by atoms with van der Waals surface area (Å²) in [6, 6.07) is 12.1. The fourth-order valence-corrected chi connectivity index (χ4v) is 4.63. The van der Waals surface area contributed by atoms with Gasteiger partial charge in [0.05, 0.1) is 11.3 Å². The fraction of sp³-hybridized carbons (Fsp3) is 0.333. The van der Waals surface area contributed by atoms with Gasteiger partial charge >= 0.3 is 0 Å². The summed E-state index contributed by atoms with van der Waals surface area (Å²) in [5.41, 5.74) is 0.813. The van der Waals surface area contributed by atoms with Crippen molar-refractivity contribution in [3.05, 3.63) is 54.0 Å². The number of hydrogen-bond donors (Lipinski definition) is 0. The average molecular weight is 456 g/mol. The normalized spacial score (nSPS) is 11.5. The van der Waals surface area contributed by atoms with Crippen LogP contribution in [-0.4, -0.2) is 48.6 Å². The molecule has 2 aromatic carbocycles. The molecule has 0 aliphatic carbocycles. The van der Waals surface area contributed by atoms with Gasteiger partial charge in [0.1, 0.15) is 11.3 Å². The maximum Gasteiger partial charge on any atom is 0.295 e. The first kappa shape index (κ1) is 22.2.